The van der Waals surface area contributed by atoms with Crippen LogP contribution < -0.4 is 5.73 Å². The normalized spacial score (nSPS) is 22.9. The maximum Gasteiger partial charge on any atom is 0.240 e. The number of hydrogen-bond acceptors (Lipinski definition) is 2. The summed E-state index contributed by atoms with van der Waals surface area (Å²) in [7, 11) is 1.60. The van der Waals surface area contributed by atoms with Crippen LogP contribution in [0.3, 0.4) is 0 Å². The molecule has 6 heteroatoms. The van der Waals surface area contributed by atoms with Crippen molar-refractivity contribution in [2.24, 2.45) is 11.7 Å². The Bertz CT molecular complexity index is 533. The minimum Gasteiger partial charge on any atom is -0.368 e. The number of hydrogen-bond donors (Lipinski definition) is 1. The SMILES string of the molecule is CN1C(=O)C[C@@H](Cc2ccc(Cl)c(Cl)c2)C1C(N)=O. The first kappa shape index (κ1) is 14.2. The number of halogens is 2. The predicted octanol–water partition coefficient (Wildman–Crippen LogP) is 1.87. The molecular weight excluding hydrogens is 287 g/mol. The third kappa shape index (κ3) is 2.85. The molecule has 0 aromatic heterocycles. The van der Waals surface area contributed by atoms with Gasteiger partial charge in [-0.25, -0.2) is 0 Å². The standard InChI is InChI=1S/C13H14Cl2N2O2/c1-17-11(18)6-8(12(17)13(16)19)4-7-2-3-9(14)10(15)5-7/h2-3,5,8,12H,4,6H2,1H3,(H2,16,19)/t8-,12?/m1/s1. The van der Waals surface area contributed by atoms with E-state index in [4.69, 9.17) is 28.9 Å². The number of nitrogens with two attached hydrogens (primary N) is 1. The van der Waals surface area contributed by atoms with Crippen LogP contribution in [-0.4, -0.2) is 29.8 Å². The number of rotatable bonds is 3. The second-order valence-electron chi connectivity index (χ2n) is 4.77. The van der Waals surface area contributed by atoms with Crippen LogP contribution >= 0.6 is 23.2 Å². The van der Waals surface area contributed by atoms with Crippen molar-refractivity contribution in [2.45, 2.75) is 18.9 Å². The van der Waals surface area contributed by atoms with Crippen molar-refractivity contribution in [3.05, 3.63) is 33.8 Å². The molecule has 1 aromatic rings. The van der Waals surface area contributed by atoms with Crippen molar-refractivity contribution in [3.63, 3.8) is 0 Å². The number of carbonyl (C=O) groups is 2. The lowest BCUT2D eigenvalue weighted by molar-refractivity contribution is -0.132. The summed E-state index contributed by atoms with van der Waals surface area (Å²) in [6.07, 6.45) is 0.894. The highest BCUT2D eigenvalue weighted by molar-refractivity contribution is 6.42. The molecule has 19 heavy (non-hydrogen) atoms. The molecule has 0 aliphatic carbocycles. The number of nitrogens with zero attached hydrogens (tertiary/aromatic N) is 1. The monoisotopic (exact) mass is 300 g/mol. The van der Waals surface area contributed by atoms with E-state index in [0.717, 1.165) is 5.56 Å². The van der Waals surface area contributed by atoms with Crippen molar-refractivity contribution in [1.82, 2.24) is 4.90 Å². The van der Waals surface area contributed by atoms with Gasteiger partial charge in [-0.2, -0.15) is 0 Å². The van der Waals surface area contributed by atoms with Crippen molar-refractivity contribution >= 4 is 35.0 Å². The number of likely N-dealkylation sites (tertiary alicyclic amines) is 1. The van der Waals surface area contributed by atoms with Crippen molar-refractivity contribution in [3.8, 4) is 0 Å². The molecule has 0 saturated carbocycles. The molecule has 2 N–H and O–H groups in total. The molecule has 2 atom stereocenters. The van der Waals surface area contributed by atoms with Gasteiger partial charge < -0.3 is 10.6 Å². The zero-order valence-electron chi connectivity index (χ0n) is 10.4. The highest BCUT2D eigenvalue weighted by Gasteiger charge is 2.40. The zero-order valence-corrected chi connectivity index (χ0v) is 11.9. The van der Waals surface area contributed by atoms with E-state index in [1.54, 1.807) is 19.2 Å². The summed E-state index contributed by atoms with van der Waals surface area (Å²) in [6, 6.07) is 4.75. The van der Waals surface area contributed by atoms with Crippen LogP contribution in [0, 0.1) is 5.92 Å². The Labute approximate surface area is 121 Å². The molecule has 1 saturated heterocycles. The van der Waals surface area contributed by atoms with Gasteiger partial charge in [0.1, 0.15) is 6.04 Å². The van der Waals surface area contributed by atoms with Gasteiger partial charge in [0, 0.05) is 19.4 Å². The van der Waals surface area contributed by atoms with E-state index in [-0.39, 0.29) is 11.8 Å². The minimum absolute atomic E-state index is 0.0612. The van der Waals surface area contributed by atoms with Crippen LogP contribution in [0.2, 0.25) is 10.0 Å². The molecule has 0 radical (unpaired) electrons. The fourth-order valence-electron chi connectivity index (χ4n) is 2.53. The van der Waals surface area contributed by atoms with Crippen LogP contribution in [0.25, 0.3) is 0 Å². The van der Waals surface area contributed by atoms with E-state index in [9.17, 15) is 9.59 Å². The number of benzene rings is 1. The highest BCUT2D eigenvalue weighted by atomic mass is 35.5. The maximum atomic E-state index is 11.7. The van der Waals surface area contributed by atoms with Gasteiger partial charge in [0.2, 0.25) is 11.8 Å². The molecule has 1 aromatic carbocycles. The van der Waals surface area contributed by atoms with Gasteiger partial charge in [-0.1, -0.05) is 29.3 Å². The Balaban J connectivity index is 2.19. The van der Waals surface area contributed by atoms with Gasteiger partial charge in [-0.15, -0.1) is 0 Å². The molecule has 0 bridgehead atoms. The van der Waals surface area contributed by atoms with Crippen LogP contribution in [0.1, 0.15) is 12.0 Å². The number of primary amides is 1. The van der Waals surface area contributed by atoms with Gasteiger partial charge in [-0.3, -0.25) is 9.59 Å². The third-order valence-corrected chi connectivity index (χ3v) is 4.21. The summed E-state index contributed by atoms with van der Waals surface area (Å²) in [5.41, 5.74) is 6.31. The lowest BCUT2D eigenvalue weighted by atomic mass is 9.92. The van der Waals surface area contributed by atoms with Gasteiger partial charge in [0.15, 0.2) is 0 Å². The lowest BCUT2D eigenvalue weighted by Crippen LogP contribution is -2.43. The first-order valence-electron chi connectivity index (χ1n) is 5.89. The van der Waals surface area contributed by atoms with Crippen LogP contribution in [0.15, 0.2) is 18.2 Å². The van der Waals surface area contributed by atoms with E-state index >= 15 is 0 Å². The summed E-state index contributed by atoms with van der Waals surface area (Å²) < 4.78 is 0. The molecule has 1 heterocycles. The highest BCUT2D eigenvalue weighted by Crippen LogP contribution is 2.30. The first-order chi connectivity index (χ1) is 8.90. The zero-order chi connectivity index (χ0) is 14.2. The van der Waals surface area contributed by atoms with Crippen LogP contribution in [0.5, 0.6) is 0 Å². The topological polar surface area (TPSA) is 63.4 Å². The summed E-state index contributed by atoms with van der Waals surface area (Å²) in [6.45, 7) is 0. The Kier molecular flexibility index (Phi) is 4.02. The molecule has 102 valence electrons. The molecule has 2 amide bonds. The van der Waals surface area contributed by atoms with Crippen LogP contribution in [0.4, 0.5) is 0 Å². The molecule has 1 aliphatic heterocycles. The Morgan fingerprint density at radius 2 is 2.11 bits per heavy atom. The number of amides is 2. The minimum atomic E-state index is -0.554. The summed E-state index contributed by atoms with van der Waals surface area (Å²) >= 11 is 11.8. The van der Waals surface area contributed by atoms with Crippen molar-refractivity contribution < 1.29 is 9.59 Å². The quantitative estimate of drug-likeness (QED) is 0.926. The fraction of sp³-hybridized carbons (Fsp3) is 0.385. The van der Waals surface area contributed by atoms with Gasteiger partial charge in [0.05, 0.1) is 10.0 Å². The molecule has 4 nitrogen and oxygen atoms in total. The van der Waals surface area contributed by atoms with Crippen LogP contribution in [-0.2, 0) is 16.0 Å². The first-order valence-corrected chi connectivity index (χ1v) is 6.64. The molecule has 0 spiro atoms. The molecular formula is C13H14Cl2N2O2. The number of likely N-dealkylation sites (N-methyl/N-ethyl adjacent to an activating group) is 1. The van der Waals surface area contributed by atoms with Crippen molar-refractivity contribution in [2.75, 3.05) is 7.05 Å². The largest absolute Gasteiger partial charge is 0.368 e. The molecule has 1 fully saturated rings. The Morgan fingerprint density at radius 1 is 1.42 bits per heavy atom. The smallest absolute Gasteiger partial charge is 0.240 e. The summed E-state index contributed by atoms with van der Waals surface area (Å²) in [5.74, 6) is -0.653. The summed E-state index contributed by atoms with van der Waals surface area (Å²) in [5, 5.41) is 0.948. The second kappa shape index (κ2) is 5.39. The van der Waals surface area contributed by atoms with Gasteiger partial charge in [0.25, 0.3) is 0 Å². The fourth-order valence-corrected chi connectivity index (χ4v) is 2.85. The second-order valence-corrected chi connectivity index (χ2v) is 5.58. The Morgan fingerprint density at radius 3 is 2.68 bits per heavy atom. The van der Waals surface area contributed by atoms with Gasteiger partial charge >= 0.3 is 0 Å². The number of carbonyl (C=O) groups excluding carboxylic acids is 2. The summed E-state index contributed by atoms with van der Waals surface area (Å²) in [4.78, 5) is 24.6. The van der Waals surface area contributed by atoms with E-state index in [1.807, 2.05) is 6.07 Å². The lowest BCUT2D eigenvalue weighted by Gasteiger charge is -2.21. The molecule has 1 aliphatic rings. The third-order valence-electron chi connectivity index (χ3n) is 3.47. The average Bonchev–Trinajstić information content (AvgIpc) is 2.59. The average molecular weight is 301 g/mol. The van der Waals surface area contributed by atoms with E-state index < -0.39 is 11.9 Å². The maximum absolute atomic E-state index is 11.7. The molecule has 1 unspecified atom stereocenters. The molecule has 2 rings (SSSR count). The Hall–Kier alpha value is -1.26. The van der Waals surface area contributed by atoms with Crippen molar-refractivity contribution in [1.29, 1.82) is 0 Å². The van der Waals surface area contributed by atoms with E-state index in [2.05, 4.69) is 0 Å². The van der Waals surface area contributed by atoms with E-state index in [1.165, 1.54) is 4.90 Å². The predicted molar refractivity (Wildman–Crippen MR) is 74.0 cm³/mol. The van der Waals surface area contributed by atoms with Gasteiger partial charge in [-0.05, 0) is 24.1 Å². The van der Waals surface area contributed by atoms with E-state index in [0.29, 0.717) is 22.9 Å².